The van der Waals surface area contributed by atoms with E-state index in [1.54, 1.807) is 23.1 Å². The number of aryl methyl sites for hydroxylation is 1. The predicted molar refractivity (Wildman–Crippen MR) is 89.2 cm³/mol. The molecule has 2 aliphatic rings. The van der Waals surface area contributed by atoms with E-state index in [1.165, 1.54) is 0 Å². The summed E-state index contributed by atoms with van der Waals surface area (Å²) in [6.45, 7) is 2.59. The van der Waals surface area contributed by atoms with Crippen molar-refractivity contribution in [2.24, 2.45) is 17.8 Å². The molecule has 2 fully saturated rings. The van der Waals surface area contributed by atoms with Crippen LogP contribution in [0.25, 0.3) is 11.0 Å². The van der Waals surface area contributed by atoms with Gasteiger partial charge in [0.05, 0.1) is 5.92 Å². The Morgan fingerprint density at radius 3 is 2.71 bits per heavy atom. The number of fused-ring (bicyclic) bond motifs is 1. The third-order valence-corrected chi connectivity index (χ3v) is 5.52. The third kappa shape index (κ3) is 2.47. The molecule has 1 aromatic heterocycles. The van der Waals surface area contributed by atoms with Crippen LogP contribution in [0.3, 0.4) is 0 Å². The van der Waals surface area contributed by atoms with E-state index < -0.39 is 11.9 Å². The number of aliphatic carboxylic acids is 1. The Morgan fingerprint density at radius 2 is 2.04 bits per heavy atom. The molecule has 1 amide bonds. The highest BCUT2D eigenvalue weighted by atomic mass is 35.5. The number of carboxylic acid groups (broad SMARTS) is 1. The van der Waals surface area contributed by atoms with Crippen LogP contribution in [0, 0.1) is 24.7 Å². The average Bonchev–Trinajstić information content (AvgIpc) is 3.21. The van der Waals surface area contributed by atoms with Gasteiger partial charge in [0.2, 0.25) is 0 Å². The molecule has 1 aliphatic heterocycles. The SMILES string of the molecule is Cc1c(C(=O)N2C[C@H](C(=O)O)[C@@H](C3CC3)C2)oc2ccc(Cl)cc12. The van der Waals surface area contributed by atoms with E-state index in [-0.39, 0.29) is 24.1 Å². The van der Waals surface area contributed by atoms with Gasteiger partial charge in [-0.1, -0.05) is 11.6 Å². The van der Waals surface area contributed by atoms with Gasteiger partial charge in [0.25, 0.3) is 5.91 Å². The van der Waals surface area contributed by atoms with E-state index in [2.05, 4.69) is 0 Å². The van der Waals surface area contributed by atoms with Gasteiger partial charge in [-0.25, -0.2) is 0 Å². The number of furan rings is 1. The van der Waals surface area contributed by atoms with Crippen LogP contribution in [-0.2, 0) is 4.79 Å². The number of likely N-dealkylation sites (tertiary alicyclic amines) is 1. The highest BCUT2D eigenvalue weighted by Crippen LogP contribution is 2.44. The van der Waals surface area contributed by atoms with Crippen LogP contribution >= 0.6 is 11.6 Å². The summed E-state index contributed by atoms with van der Waals surface area (Å²) in [5.74, 6) is -0.719. The van der Waals surface area contributed by atoms with E-state index in [0.29, 0.717) is 23.1 Å². The number of benzene rings is 1. The van der Waals surface area contributed by atoms with Crippen molar-refractivity contribution in [2.45, 2.75) is 19.8 Å². The van der Waals surface area contributed by atoms with Crippen LogP contribution in [0.2, 0.25) is 5.02 Å². The van der Waals surface area contributed by atoms with Crippen molar-refractivity contribution in [3.05, 3.63) is 34.5 Å². The number of carbonyl (C=O) groups is 2. The Kier molecular flexibility index (Phi) is 3.57. The maximum atomic E-state index is 12.9. The van der Waals surface area contributed by atoms with E-state index in [9.17, 15) is 14.7 Å². The first-order valence-electron chi connectivity index (χ1n) is 8.16. The van der Waals surface area contributed by atoms with Crippen LogP contribution in [-0.4, -0.2) is 35.0 Å². The minimum absolute atomic E-state index is 0.0607. The molecule has 1 N–H and O–H groups in total. The van der Waals surface area contributed by atoms with Crippen molar-refractivity contribution in [1.29, 1.82) is 0 Å². The molecule has 0 radical (unpaired) electrons. The summed E-state index contributed by atoms with van der Waals surface area (Å²) in [6, 6.07) is 5.25. The number of halogens is 1. The van der Waals surface area contributed by atoms with Gasteiger partial charge < -0.3 is 14.4 Å². The lowest BCUT2D eigenvalue weighted by Crippen LogP contribution is -2.30. The molecular weight excluding hydrogens is 330 g/mol. The highest BCUT2D eigenvalue weighted by Gasteiger charge is 2.47. The smallest absolute Gasteiger partial charge is 0.308 e. The molecule has 5 nitrogen and oxygen atoms in total. The van der Waals surface area contributed by atoms with Crippen molar-refractivity contribution in [3.63, 3.8) is 0 Å². The van der Waals surface area contributed by atoms with Crippen molar-refractivity contribution < 1.29 is 19.1 Å². The lowest BCUT2D eigenvalue weighted by molar-refractivity contribution is -0.142. The summed E-state index contributed by atoms with van der Waals surface area (Å²) >= 11 is 6.02. The predicted octanol–water partition coefficient (Wildman–Crippen LogP) is 3.58. The topological polar surface area (TPSA) is 70.8 Å². The molecule has 1 saturated carbocycles. The molecule has 126 valence electrons. The second-order valence-electron chi connectivity index (χ2n) is 6.85. The molecule has 0 bridgehead atoms. The van der Waals surface area contributed by atoms with E-state index in [0.717, 1.165) is 23.8 Å². The Labute approximate surface area is 144 Å². The Bertz CT molecular complexity index is 839. The summed E-state index contributed by atoms with van der Waals surface area (Å²) in [6.07, 6.45) is 2.14. The molecule has 2 heterocycles. The first-order chi connectivity index (χ1) is 11.5. The maximum Gasteiger partial charge on any atom is 0.308 e. The van der Waals surface area contributed by atoms with Crippen molar-refractivity contribution in [2.75, 3.05) is 13.1 Å². The van der Waals surface area contributed by atoms with Gasteiger partial charge in [-0.3, -0.25) is 9.59 Å². The standard InChI is InChI=1S/C18H18ClNO4/c1-9-12-6-11(19)4-5-15(12)24-16(9)17(21)20-7-13(10-2-3-10)14(8-20)18(22)23/h4-6,10,13-14H,2-3,7-8H2,1H3,(H,22,23)/t13-,14+/m1/s1. The van der Waals surface area contributed by atoms with Crippen LogP contribution in [0.1, 0.15) is 29.0 Å². The van der Waals surface area contributed by atoms with E-state index >= 15 is 0 Å². The van der Waals surface area contributed by atoms with Crippen LogP contribution < -0.4 is 0 Å². The minimum Gasteiger partial charge on any atom is -0.481 e. The molecule has 0 spiro atoms. The summed E-state index contributed by atoms with van der Waals surface area (Å²) in [4.78, 5) is 26.0. The minimum atomic E-state index is -0.810. The fourth-order valence-electron chi connectivity index (χ4n) is 3.80. The number of carboxylic acids is 1. The van der Waals surface area contributed by atoms with Crippen molar-refractivity contribution >= 4 is 34.4 Å². The fraction of sp³-hybridized carbons (Fsp3) is 0.444. The summed E-state index contributed by atoms with van der Waals surface area (Å²) in [5, 5.41) is 10.9. The molecule has 0 unspecified atom stereocenters. The Hall–Kier alpha value is -2.01. The zero-order valence-electron chi connectivity index (χ0n) is 13.3. The summed E-state index contributed by atoms with van der Waals surface area (Å²) in [5.41, 5.74) is 1.37. The average molecular weight is 348 g/mol. The number of nitrogens with zero attached hydrogens (tertiary/aromatic N) is 1. The molecule has 1 aliphatic carbocycles. The van der Waals surface area contributed by atoms with Crippen LogP contribution in [0.4, 0.5) is 0 Å². The van der Waals surface area contributed by atoms with Crippen LogP contribution in [0.5, 0.6) is 0 Å². The monoisotopic (exact) mass is 347 g/mol. The summed E-state index contributed by atoms with van der Waals surface area (Å²) < 4.78 is 5.74. The zero-order chi connectivity index (χ0) is 17.0. The maximum absolute atomic E-state index is 12.9. The first-order valence-corrected chi connectivity index (χ1v) is 8.54. The number of hydrogen-bond donors (Lipinski definition) is 1. The van der Waals surface area contributed by atoms with Gasteiger partial charge in [-0.2, -0.15) is 0 Å². The first kappa shape index (κ1) is 15.5. The summed E-state index contributed by atoms with van der Waals surface area (Å²) in [7, 11) is 0. The second kappa shape index (κ2) is 5.52. The van der Waals surface area contributed by atoms with Gasteiger partial charge in [-0.05, 0) is 49.8 Å². The quantitative estimate of drug-likeness (QED) is 0.921. The normalized spacial score (nSPS) is 23.8. The number of carbonyl (C=O) groups excluding carboxylic acids is 1. The molecule has 6 heteroatoms. The van der Waals surface area contributed by atoms with E-state index in [4.69, 9.17) is 16.0 Å². The van der Waals surface area contributed by atoms with Crippen LogP contribution in [0.15, 0.2) is 22.6 Å². The molecule has 2 aromatic rings. The number of rotatable bonds is 3. The molecule has 1 aromatic carbocycles. The second-order valence-corrected chi connectivity index (χ2v) is 7.29. The van der Waals surface area contributed by atoms with Gasteiger partial charge in [0.15, 0.2) is 5.76 Å². The number of amides is 1. The molecule has 1 saturated heterocycles. The highest BCUT2D eigenvalue weighted by molar-refractivity contribution is 6.31. The van der Waals surface area contributed by atoms with Gasteiger partial charge in [-0.15, -0.1) is 0 Å². The van der Waals surface area contributed by atoms with Crippen molar-refractivity contribution in [3.8, 4) is 0 Å². The van der Waals surface area contributed by atoms with Gasteiger partial charge in [0, 0.05) is 29.1 Å². The Morgan fingerprint density at radius 1 is 1.29 bits per heavy atom. The molecular formula is C18H18ClNO4. The van der Waals surface area contributed by atoms with E-state index in [1.807, 2.05) is 6.92 Å². The lowest BCUT2D eigenvalue weighted by Gasteiger charge is -2.15. The molecule has 4 rings (SSSR count). The number of hydrogen-bond acceptors (Lipinski definition) is 3. The van der Waals surface area contributed by atoms with Gasteiger partial charge >= 0.3 is 5.97 Å². The molecule has 24 heavy (non-hydrogen) atoms. The Balaban J connectivity index is 1.64. The zero-order valence-corrected chi connectivity index (χ0v) is 14.0. The fourth-order valence-corrected chi connectivity index (χ4v) is 3.97. The third-order valence-electron chi connectivity index (χ3n) is 5.29. The lowest BCUT2D eigenvalue weighted by atomic mass is 9.92. The van der Waals surface area contributed by atoms with Gasteiger partial charge in [0.1, 0.15) is 5.58 Å². The molecule has 2 atom stereocenters. The van der Waals surface area contributed by atoms with Crippen molar-refractivity contribution in [1.82, 2.24) is 4.90 Å². The largest absolute Gasteiger partial charge is 0.481 e.